The Labute approximate surface area is 201 Å². The molecular weight excluding hydrogens is 432 g/mol. The van der Waals surface area contributed by atoms with Crippen molar-refractivity contribution >= 4 is 17.7 Å². The third-order valence-electron chi connectivity index (χ3n) is 5.72. The van der Waals surface area contributed by atoms with Crippen LogP contribution in [0.1, 0.15) is 44.2 Å². The number of hydrogen-bond acceptors (Lipinski definition) is 5. The molecule has 0 aliphatic heterocycles. The van der Waals surface area contributed by atoms with Crippen molar-refractivity contribution < 1.29 is 19.6 Å². The molecule has 2 atom stereocenters. The normalized spacial score (nSPS) is 12.6. The van der Waals surface area contributed by atoms with Gasteiger partial charge in [-0.3, -0.25) is 25.0 Å². The van der Waals surface area contributed by atoms with Gasteiger partial charge in [0.05, 0.1) is 24.9 Å². The van der Waals surface area contributed by atoms with E-state index in [2.05, 4.69) is 5.43 Å². The lowest BCUT2D eigenvalue weighted by Crippen LogP contribution is -2.52. The van der Waals surface area contributed by atoms with E-state index in [9.17, 15) is 19.6 Å². The fourth-order valence-electron chi connectivity index (χ4n) is 4.01. The monoisotopic (exact) mass is 468 g/mol. The minimum absolute atomic E-state index is 0.117. The van der Waals surface area contributed by atoms with Crippen LogP contribution < -0.4 is 16.6 Å². The first-order valence-corrected chi connectivity index (χ1v) is 11.7. The number of benzene rings is 2. The quantitative estimate of drug-likeness (QED) is 0.282. The van der Waals surface area contributed by atoms with Gasteiger partial charge in [0.15, 0.2) is 0 Å². The molecule has 2 aromatic rings. The molecule has 5 N–H and O–H groups in total. The molecule has 0 aliphatic rings. The molecule has 0 bridgehead atoms. The zero-order valence-electron chi connectivity index (χ0n) is 19.9. The van der Waals surface area contributed by atoms with Gasteiger partial charge in [-0.2, -0.15) is 0 Å². The molecule has 8 heteroatoms. The van der Waals surface area contributed by atoms with Gasteiger partial charge in [-0.15, -0.1) is 0 Å². The molecule has 0 radical (unpaired) electrons. The van der Waals surface area contributed by atoms with Crippen molar-refractivity contribution in [1.29, 1.82) is 0 Å². The second kappa shape index (κ2) is 14.1. The van der Waals surface area contributed by atoms with Gasteiger partial charge >= 0.3 is 0 Å². The third kappa shape index (κ3) is 8.61. The largest absolute Gasteiger partial charge is 0.322 e. The number of hydroxylamine groups is 1. The van der Waals surface area contributed by atoms with Crippen molar-refractivity contribution in [3.05, 3.63) is 71.8 Å². The Morgan fingerprint density at radius 3 is 2.03 bits per heavy atom. The Kier molecular flexibility index (Phi) is 11.2. The molecule has 0 saturated carbocycles. The first-order valence-electron chi connectivity index (χ1n) is 11.7. The summed E-state index contributed by atoms with van der Waals surface area (Å²) < 4.78 is 0. The summed E-state index contributed by atoms with van der Waals surface area (Å²) in [7, 11) is 0. The van der Waals surface area contributed by atoms with Gasteiger partial charge in [0.1, 0.15) is 0 Å². The minimum atomic E-state index is -0.748. The van der Waals surface area contributed by atoms with Crippen LogP contribution in [0.3, 0.4) is 0 Å². The second-order valence-electron chi connectivity index (χ2n) is 8.84. The van der Waals surface area contributed by atoms with Gasteiger partial charge in [-0.25, -0.2) is 10.5 Å². The molecule has 3 amide bonds. The van der Waals surface area contributed by atoms with Crippen LogP contribution in [0.25, 0.3) is 0 Å². The van der Waals surface area contributed by atoms with E-state index in [1.54, 1.807) is 5.48 Å². The average molecular weight is 469 g/mol. The SMILES string of the molecule is CC(C)C[C@@H](C(=O)NN(Cc1ccccc1)C(=O)CN)C(CCCc1ccccc1)C(=O)NO. The molecule has 2 rings (SSSR count). The van der Waals surface area contributed by atoms with Crippen LogP contribution in [-0.2, 0) is 27.3 Å². The Hall–Kier alpha value is -3.23. The van der Waals surface area contributed by atoms with E-state index < -0.39 is 29.6 Å². The lowest BCUT2D eigenvalue weighted by atomic mass is 9.81. The number of aryl methyl sites for hydroxylation is 1. The molecule has 0 aromatic heterocycles. The first-order chi connectivity index (χ1) is 16.3. The molecule has 0 fully saturated rings. The van der Waals surface area contributed by atoms with Gasteiger partial charge in [0.2, 0.25) is 11.8 Å². The first kappa shape index (κ1) is 27.0. The number of hydrogen-bond donors (Lipinski definition) is 4. The molecular formula is C26H36N4O4. The van der Waals surface area contributed by atoms with Crippen LogP contribution in [0.5, 0.6) is 0 Å². The summed E-state index contributed by atoms with van der Waals surface area (Å²) in [5, 5.41) is 10.6. The van der Waals surface area contributed by atoms with Crippen LogP contribution in [0.4, 0.5) is 0 Å². The fraction of sp³-hybridized carbons (Fsp3) is 0.423. The Balaban J connectivity index is 2.19. The van der Waals surface area contributed by atoms with E-state index in [1.165, 1.54) is 5.01 Å². The number of rotatable bonds is 12. The minimum Gasteiger partial charge on any atom is -0.322 e. The number of hydrazine groups is 1. The maximum atomic E-state index is 13.4. The predicted molar refractivity (Wildman–Crippen MR) is 130 cm³/mol. The van der Waals surface area contributed by atoms with E-state index >= 15 is 0 Å². The number of nitrogens with one attached hydrogen (secondary N) is 2. The van der Waals surface area contributed by atoms with E-state index in [1.807, 2.05) is 74.5 Å². The standard InChI is InChI=1S/C26H36N4O4/c1-19(2)16-23(22(26(33)29-34)15-9-14-20-10-5-3-6-11-20)25(32)28-30(24(31)17-27)18-21-12-7-4-8-13-21/h3-8,10-13,19,22-23,34H,9,14-18,27H2,1-2H3,(H,28,32)(H,29,33)/t22?,23-/m1/s1. The average Bonchev–Trinajstić information content (AvgIpc) is 2.85. The number of amides is 3. The van der Waals surface area contributed by atoms with Crippen LogP contribution in [0.15, 0.2) is 60.7 Å². The lowest BCUT2D eigenvalue weighted by molar-refractivity contribution is -0.147. The van der Waals surface area contributed by atoms with Gasteiger partial charge < -0.3 is 5.73 Å². The Morgan fingerprint density at radius 1 is 0.912 bits per heavy atom. The van der Waals surface area contributed by atoms with Crippen molar-refractivity contribution in [3.8, 4) is 0 Å². The number of carbonyl (C=O) groups is 3. The molecule has 8 nitrogen and oxygen atoms in total. The molecule has 2 aromatic carbocycles. The number of carbonyl (C=O) groups excluding carboxylic acids is 3. The zero-order chi connectivity index (χ0) is 24.9. The fourth-order valence-corrected chi connectivity index (χ4v) is 4.01. The highest BCUT2D eigenvalue weighted by Crippen LogP contribution is 2.26. The summed E-state index contributed by atoms with van der Waals surface area (Å²) in [5.74, 6) is -2.85. The van der Waals surface area contributed by atoms with Gasteiger partial charge in [0, 0.05) is 0 Å². The van der Waals surface area contributed by atoms with Gasteiger partial charge in [0.25, 0.3) is 5.91 Å². The Bertz CT molecular complexity index is 906. The van der Waals surface area contributed by atoms with Crippen molar-refractivity contribution in [1.82, 2.24) is 15.9 Å². The van der Waals surface area contributed by atoms with Crippen LogP contribution in [0, 0.1) is 17.8 Å². The predicted octanol–water partition coefficient (Wildman–Crippen LogP) is 2.81. The number of nitrogens with two attached hydrogens (primary N) is 1. The Morgan fingerprint density at radius 2 is 1.50 bits per heavy atom. The maximum Gasteiger partial charge on any atom is 0.255 e. The summed E-state index contributed by atoms with van der Waals surface area (Å²) in [4.78, 5) is 38.4. The van der Waals surface area contributed by atoms with Crippen molar-refractivity contribution in [2.24, 2.45) is 23.5 Å². The van der Waals surface area contributed by atoms with Gasteiger partial charge in [-0.05, 0) is 42.7 Å². The highest BCUT2D eigenvalue weighted by Gasteiger charge is 2.35. The molecule has 0 spiro atoms. The van der Waals surface area contributed by atoms with Crippen LogP contribution >= 0.6 is 0 Å². The summed E-state index contributed by atoms with van der Waals surface area (Å²) >= 11 is 0. The second-order valence-corrected chi connectivity index (χ2v) is 8.84. The van der Waals surface area contributed by atoms with Crippen LogP contribution in [0.2, 0.25) is 0 Å². The molecule has 1 unspecified atom stereocenters. The smallest absolute Gasteiger partial charge is 0.255 e. The number of nitrogens with zero attached hydrogens (tertiary/aromatic N) is 1. The van der Waals surface area contributed by atoms with E-state index in [-0.39, 0.29) is 19.0 Å². The topological polar surface area (TPSA) is 125 Å². The maximum absolute atomic E-state index is 13.4. The highest BCUT2D eigenvalue weighted by molar-refractivity contribution is 5.89. The molecule has 0 aliphatic carbocycles. The molecule has 184 valence electrons. The third-order valence-corrected chi connectivity index (χ3v) is 5.72. The van der Waals surface area contributed by atoms with E-state index in [0.717, 1.165) is 17.5 Å². The molecule has 34 heavy (non-hydrogen) atoms. The zero-order valence-corrected chi connectivity index (χ0v) is 19.9. The summed E-state index contributed by atoms with van der Waals surface area (Å²) in [5.41, 5.74) is 12.0. The molecule has 0 heterocycles. The lowest BCUT2D eigenvalue weighted by Gasteiger charge is -2.30. The molecule has 0 saturated heterocycles. The van der Waals surface area contributed by atoms with Crippen molar-refractivity contribution in [2.45, 2.75) is 46.1 Å². The van der Waals surface area contributed by atoms with Gasteiger partial charge in [-0.1, -0.05) is 74.5 Å². The highest BCUT2D eigenvalue weighted by atomic mass is 16.5. The van der Waals surface area contributed by atoms with Crippen molar-refractivity contribution in [3.63, 3.8) is 0 Å². The van der Waals surface area contributed by atoms with E-state index in [4.69, 9.17) is 5.73 Å². The summed E-state index contributed by atoms with van der Waals surface area (Å²) in [6.45, 7) is 3.82. The summed E-state index contributed by atoms with van der Waals surface area (Å²) in [6, 6.07) is 19.1. The van der Waals surface area contributed by atoms with Crippen LogP contribution in [-0.4, -0.2) is 34.5 Å². The summed E-state index contributed by atoms with van der Waals surface area (Å²) in [6.07, 6.45) is 2.25. The van der Waals surface area contributed by atoms with Crippen molar-refractivity contribution in [2.75, 3.05) is 6.54 Å². The van der Waals surface area contributed by atoms with E-state index in [0.29, 0.717) is 19.3 Å².